The van der Waals surface area contributed by atoms with E-state index in [1.807, 2.05) is 6.07 Å². The molecule has 0 fully saturated rings. The molecule has 1 aromatic carbocycles. The summed E-state index contributed by atoms with van der Waals surface area (Å²) in [6, 6.07) is 5.75. The number of carbonyl (C=O) groups is 1. The molecule has 0 heterocycles. The third-order valence-electron chi connectivity index (χ3n) is 2.88. The number of nitrogens with zero attached hydrogens (tertiary/aromatic N) is 3. The number of nitriles is 1. The molecule has 19 heavy (non-hydrogen) atoms. The summed E-state index contributed by atoms with van der Waals surface area (Å²) in [5.74, 6) is -0.441. The van der Waals surface area contributed by atoms with E-state index in [2.05, 4.69) is 0 Å². The van der Waals surface area contributed by atoms with Crippen LogP contribution >= 0.6 is 0 Å². The Labute approximate surface area is 110 Å². The van der Waals surface area contributed by atoms with E-state index >= 15 is 0 Å². The molecule has 0 saturated heterocycles. The molecule has 0 radical (unpaired) electrons. The van der Waals surface area contributed by atoms with Gasteiger partial charge in [-0.2, -0.15) is 5.26 Å². The van der Waals surface area contributed by atoms with Gasteiger partial charge in [-0.15, -0.1) is 0 Å². The first-order valence-corrected chi connectivity index (χ1v) is 5.57. The Balaban J connectivity index is 3.11. The van der Waals surface area contributed by atoms with Gasteiger partial charge in [0.15, 0.2) is 0 Å². The van der Waals surface area contributed by atoms with Gasteiger partial charge in [0.2, 0.25) is 0 Å². The fraction of sp³-hybridized carbons (Fsp3) is 0.333. The van der Waals surface area contributed by atoms with E-state index in [4.69, 9.17) is 11.0 Å². The molecule has 0 aromatic heterocycles. The molecule has 7 nitrogen and oxygen atoms in total. The topological polar surface area (TPSA) is 113 Å². The van der Waals surface area contributed by atoms with E-state index in [1.165, 1.54) is 30.1 Å². The van der Waals surface area contributed by atoms with Crippen LogP contribution in [0.4, 0.5) is 11.4 Å². The van der Waals surface area contributed by atoms with Crippen molar-refractivity contribution in [3.8, 4) is 6.07 Å². The zero-order chi connectivity index (χ0) is 14.6. The van der Waals surface area contributed by atoms with Crippen LogP contribution in [0.1, 0.15) is 23.7 Å². The average Bonchev–Trinajstić information content (AvgIpc) is 2.37. The van der Waals surface area contributed by atoms with Gasteiger partial charge in [0.25, 0.3) is 11.6 Å². The SMILES string of the molecule is CC(CC#N)N(C)C(=O)c1cccc([N+](=O)[O-])c1N. The predicted molar refractivity (Wildman–Crippen MR) is 69.3 cm³/mol. The Morgan fingerprint density at radius 3 is 2.79 bits per heavy atom. The number of hydrogen-bond acceptors (Lipinski definition) is 5. The van der Waals surface area contributed by atoms with Gasteiger partial charge in [-0.05, 0) is 13.0 Å². The van der Waals surface area contributed by atoms with E-state index in [0.29, 0.717) is 0 Å². The van der Waals surface area contributed by atoms with E-state index < -0.39 is 10.8 Å². The summed E-state index contributed by atoms with van der Waals surface area (Å²) < 4.78 is 0. The first-order valence-electron chi connectivity index (χ1n) is 5.57. The lowest BCUT2D eigenvalue weighted by molar-refractivity contribution is -0.383. The molecule has 1 unspecified atom stereocenters. The number of nitro benzene ring substituents is 1. The number of nitrogen functional groups attached to an aromatic ring is 1. The number of amides is 1. The summed E-state index contributed by atoms with van der Waals surface area (Å²) in [6.07, 6.45) is 0.178. The van der Waals surface area contributed by atoms with E-state index in [0.717, 1.165) is 0 Å². The molecule has 7 heteroatoms. The van der Waals surface area contributed by atoms with Gasteiger partial charge < -0.3 is 10.6 Å². The predicted octanol–water partition coefficient (Wildman–Crippen LogP) is 1.55. The maximum Gasteiger partial charge on any atom is 0.292 e. The fourth-order valence-electron chi connectivity index (χ4n) is 1.56. The Morgan fingerprint density at radius 2 is 2.26 bits per heavy atom. The van der Waals surface area contributed by atoms with Gasteiger partial charge in [-0.3, -0.25) is 14.9 Å². The zero-order valence-corrected chi connectivity index (χ0v) is 10.7. The molecule has 0 aliphatic heterocycles. The van der Waals surface area contributed by atoms with Crippen LogP contribution in [-0.4, -0.2) is 28.8 Å². The highest BCUT2D eigenvalue weighted by atomic mass is 16.6. The normalized spacial score (nSPS) is 11.4. The van der Waals surface area contributed by atoms with Crippen molar-refractivity contribution in [3.63, 3.8) is 0 Å². The molecule has 0 aliphatic rings. The Morgan fingerprint density at radius 1 is 1.63 bits per heavy atom. The van der Waals surface area contributed by atoms with Crippen molar-refractivity contribution in [2.45, 2.75) is 19.4 Å². The van der Waals surface area contributed by atoms with Crippen LogP contribution in [0.3, 0.4) is 0 Å². The van der Waals surface area contributed by atoms with Gasteiger partial charge in [-0.25, -0.2) is 0 Å². The van der Waals surface area contributed by atoms with Crippen LogP contribution in [0, 0.1) is 21.4 Å². The number of hydrogen-bond donors (Lipinski definition) is 1. The first-order chi connectivity index (χ1) is 8.90. The highest BCUT2D eigenvalue weighted by Crippen LogP contribution is 2.26. The molecule has 0 bridgehead atoms. The lowest BCUT2D eigenvalue weighted by Gasteiger charge is -2.23. The lowest BCUT2D eigenvalue weighted by Crippen LogP contribution is -2.35. The number of carbonyl (C=O) groups excluding carboxylic acids is 1. The Hall–Kier alpha value is -2.62. The van der Waals surface area contributed by atoms with Crippen LogP contribution in [0.2, 0.25) is 0 Å². The summed E-state index contributed by atoms with van der Waals surface area (Å²) in [6.45, 7) is 1.72. The van der Waals surface area contributed by atoms with E-state index in [9.17, 15) is 14.9 Å². The minimum Gasteiger partial charge on any atom is -0.393 e. The maximum atomic E-state index is 12.2. The molecule has 0 aliphatic carbocycles. The van der Waals surface area contributed by atoms with Crippen LogP contribution in [0.25, 0.3) is 0 Å². The molecular weight excluding hydrogens is 248 g/mol. The number of para-hydroxylation sites is 1. The van der Waals surface area contributed by atoms with E-state index in [1.54, 1.807) is 6.92 Å². The van der Waals surface area contributed by atoms with Crippen LogP contribution in [0.15, 0.2) is 18.2 Å². The van der Waals surface area contributed by atoms with Crippen LogP contribution < -0.4 is 5.73 Å². The number of benzene rings is 1. The Bertz CT molecular complexity index is 550. The minimum atomic E-state index is -0.634. The number of rotatable bonds is 4. The summed E-state index contributed by atoms with van der Waals surface area (Å²) in [7, 11) is 1.53. The smallest absolute Gasteiger partial charge is 0.292 e. The largest absolute Gasteiger partial charge is 0.393 e. The first kappa shape index (κ1) is 14.4. The molecule has 1 rings (SSSR count). The molecule has 1 atom stereocenters. The molecule has 2 N–H and O–H groups in total. The molecule has 1 aromatic rings. The zero-order valence-electron chi connectivity index (χ0n) is 10.7. The van der Waals surface area contributed by atoms with Crippen molar-refractivity contribution in [2.24, 2.45) is 0 Å². The van der Waals surface area contributed by atoms with Crippen molar-refractivity contribution in [1.82, 2.24) is 4.90 Å². The highest BCUT2D eigenvalue weighted by Gasteiger charge is 2.23. The van der Waals surface area contributed by atoms with Gasteiger partial charge in [0.1, 0.15) is 5.69 Å². The van der Waals surface area contributed by atoms with Crippen molar-refractivity contribution in [1.29, 1.82) is 5.26 Å². The standard InChI is InChI=1S/C12H14N4O3/c1-8(6-7-13)15(2)12(17)9-4-3-5-10(11(9)14)16(18)19/h3-5,8H,6,14H2,1-2H3. The van der Waals surface area contributed by atoms with Crippen LogP contribution in [-0.2, 0) is 0 Å². The molecule has 100 valence electrons. The number of nitro groups is 1. The van der Waals surface area contributed by atoms with Crippen LogP contribution in [0.5, 0.6) is 0 Å². The second-order valence-electron chi connectivity index (χ2n) is 4.12. The van der Waals surface area contributed by atoms with Crippen molar-refractivity contribution >= 4 is 17.3 Å². The van der Waals surface area contributed by atoms with E-state index in [-0.39, 0.29) is 29.4 Å². The summed E-state index contributed by atoms with van der Waals surface area (Å²) in [5.41, 5.74) is 5.26. The average molecular weight is 262 g/mol. The summed E-state index contributed by atoms with van der Waals surface area (Å²) in [4.78, 5) is 23.6. The second kappa shape index (κ2) is 5.82. The fourth-order valence-corrected chi connectivity index (χ4v) is 1.56. The number of anilines is 1. The Kier molecular flexibility index (Phi) is 4.42. The highest BCUT2D eigenvalue weighted by molar-refractivity contribution is 6.01. The van der Waals surface area contributed by atoms with Gasteiger partial charge in [0.05, 0.1) is 23.0 Å². The molecular formula is C12H14N4O3. The lowest BCUT2D eigenvalue weighted by atomic mass is 10.1. The minimum absolute atomic E-state index is 0.0708. The summed E-state index contributed by atoms with van der Waals surface area (Å²) >= 11 is 0. The monoisotopic (exact) mass is 262 g/mol. The molecule has 1 amide bonds. The third kappa shape index (κ3) is 2.98. The molecule has 0 spiro atoms. The van der Waals surface area contributed by atoms with Crippen molar-refractivity contribution < 1.29 is 9.72 Å². The quantitative estimate of drug-likeness (QED) is 0.502. The number of nitrogens with two attached hydrogens (primary N) is 1. The third-order valence-corrected chi connectivity index (χ3v) is 2.88. The van der Waals surface area contributed by atoms with Gasteiger partial charge in [0, 0.05) is 19.2 Å². The second-order valence-corrected chi connectivity index (χ2v) is 4.12. The maximum absolute atomic E-state index is 12.2. The van der Waals surface area contributed by atoms with Crippen molar-refractivity contribution in [2.75, 3.05) is 12.8 Å². The van der Waals surface area contributed by atoms with Gasteiger partial charge in [-0.1, -0.05) is 6.07 Å². The summed E-state index contributed by atoms with van der Waals surface area (Å²) in [5, 5.41) is 19.4. The molecule has 0 saturated carbocycles. The van der Waals surface area contributed by atoms with Gasteiger partial charge >= 0.3 is 0 Å². The van der Waals surface area contributed by atoms with Crippen molar-refractivity contribution in [3.05, 3.63) is 33.9 Å².